The van der Waals surface area contributed by atoms with Crippen molar-refractivity contribution >= 4 is 34.0 Å². The van der Waals surface area contributed by atoms with Gasteiger partial charge in [0.1, 0.15) is 28.9 Å². The summed E-state index contributed by atoms with van der Waals surface area (Å²) in [4.78, 5) is 45.8. The van der Waals surface area contributed by atoms with E-state index in [2.05, 4.69) is 69.6 Å². The topological polar surface area (TPSA) is 116 Å². The first-order valence-electron chi connectivity index (χ1n) is 17.0. The summed E-state index contributed by atoms with van der Waals surface area (Å²) >= 11 is 0. The van der Waals surface area contributed by atoms with Gasteiger partial charge in [-0.05, 0) is 107 Å². The van der Waals surface area contributed by atoms with Crippen molar-refractivity contribution in [2.24, 2.45) is 0 Å². The number of imidazole rings is 2. The summed E-state index contributed by atoms with van der Waals surface area (Å²) in [6.07, 6.45) is 5.00. The lowest BCUT2D eigenvalue weighted by molar-refractivity contribution is 0.0213. The standard InChI is InChI=1S/C39H44N6O4/c1-23-17-33(45(22-23)37(47)49-39(5,6)7)34-40-21-31(43-34)28-13-12-24-18-25(10-11-26(24)19-28)27-14-15-29-30(20-27)42-35(41-29)32-9-8-16-44(32)36(46)48-38(2,3)4/h10-15,17-21,32-33H,8-9,16,22H2,1-7H3,(H,40,43)(H,41,42). The first kappa shape index (κ1) is 32.4. The van der Waals surface area contributed by atoms with Crippen molar-refractivity contribution in [2.75, 3.05) is 13.1 Å². The minimum atomic E-state index is -0.574. The molecule has 0 radical (unpaired) electrons. The number of benzene rings is 3. The molecule has 2 atom stereocenters. The van der Waals surface area contributed by atoms with Crippen LogP contribution in [0.15, 0.2) is 72.4 Å². The molecule has 1 fully saturated rings. The molecule has 2 amide bonds. The van der Waals surface area contributed by atoms with Crippen LogP contribution >= 0.6 is 0 Å². The van der Waals surface area contributed by atoms with Crippen LogP contribution in [0.1, 0.15) is 85.0 Å². The number of H-pyrrole nitrogens is 2. The Morgan fingerprint density at radius 2 is 1.43 bits per heavy atom. The highest BCUT2D eigenvalue weighted by atomic mass is 16.6. The lowest BCUT2D eigenvalue weighted by atomic mass is 9.99. The molecule has 3 aromatic carbocycles. The Hall–Kier alpha value is -5.12. The first-order chi connectivity index (χ1) is 23.2. The number of aromatic nitrogens is 4. The van der Waals surface area contributed by atoms with Crippen molar-refractivity contribution in [3.8, 4) is 22.4 Å². The van der Waals surface area contributed by atoms with Crippen LogP contribution in [0.25, 0.3) is 44.2 Å². The SMILES string of the molecule is CC1=CC(c2ncc(-c3ccc4cc(-c5ccc6nc(C7CCCN7C(=O)OC(C)(C)C)[nH]c6c5)ccc4c3)[nH]2)N(C(=O)OC(C)(C)C)C1. The van der Waals surface area contributed by atoms with Gasteiger partial charge < -0.3 is 19.4 Å². The molecule has 2 N–H and O–H groups in total. The molecule has 2 aliphatic rings. The smallest absolute Gasteiger partial charge is 0.411 e. The Labute approximate surface area is 286 Å². The number of ether oxygens (including phenoxy) is 2. The highest BCUT2D eigenvalue weighted by Crippen LogP contribution is 2.35. The molecule has 2 aliphatic heterocycles. The monoisotopic (exact) mass is 660 g/mol. The minimum absolute atomic E-state index is 0.130. The molecule has 2 unspecified atom stereocenters. The molecular formula is C39H44N6O4. The van der Waals surface area contributed by atoms with Crippen LogP contribution in [0.3, 0.4) is 0 Å². The largest absolute Gasteiger partial charge is 0.444 e. The molecule has 10 nitrogen and oxygen atoms in total. The fourth-order valence-corrected chi connectivity index (χ4v) is 6.69. The maximum atomic E-state index is 12.9. The lowest BCUT2D eigenvalue weighted by Gasteiger charge is -2.27. The van der Waals surface area contributed by atoms with Gasteiger partial charge >= 0.3 is 12.2 Å². The van der Waals surface area contributed by atoms with Gasteiger partial charge in [0.05, 0.1) is 29.0 Å². The van der Waals surface area contributed by atoms with Crippen molar-refractivity contribution in [3.05, 3.63) is 84.1 Å². The molecule has 0 aliphatic carbocycles. The second kappa shape index (κ2) is 12.1. The number of hydrogen-bond acceptors (Lipinski definition) is 6. The van der Waals surface area contributed by atoms with Gasteiger partial charge in [0.2, 0.25) is 0 Å². The third-order valence-electron chi connectivity index (χ3n) is 8.88. The maximum Gasteiger partial charge on any atom is 0.411 e. The van der Waals surface area contributed by atoms with E-state index >= 15 is 0 Å². The van der Waals surface area contributed by atoms with Crippen LogP contribution in [0, 0.1) is 0 Å². The molecular weight excluding hydrogens is 616 g/mol. The second-order valence-electron chi connectivity index (χ2n) is 15.2. The van der Waals surface area contributed by atoms with E-state index in [1.807, 2.05) is 60.7 Å². The quantitative estimate of drug-likeness (QED) is 0.186. The van der Waals surface area contributed by atoms with Gasteiger partial charge in [-0.2, -0.15) is 0 Å². The van der Waals surface area contributed by atoms with Crippen molar-refractivity contribution in [1.29, 1.82) is 0 Å². The van der Waals surface area contributed by atoms with Crippen LogP contribution in [0.2, 0.25) is 0 Å². The fourth-order valence-electron chi connectivity index (χ4n) is 6.69. The van der Waals surface area contributed by atoms with Gasteiger partial charge in [0.25, 0.3) is 0 Å². The summed E-state index contributed by atoms with van der Waals surface area (Å²) in [6.45, 7) is 14.5. The van der Waals surface area contributed by atoms with E-state index in [-0.39, 0.29) is 24.3 Å². The average molecular weight is 661 g/mol. The number of nitrogens with one attached hydrogen (secondary N) is 2. The van der Waals surface area contributed by atoms with Gasteiger partial charge in [-0.15, -0.1) is 0 Å². The Morgan fingerprint density at radius 1 is 0.796 bits per heavy atom. The van der Waals surface area contributed by atoms with Crippen molar-refractivity contribution < 1.29 is 19.1 Å². The molecule has 1 saturated heterocycles. The van der Waals surface area contributed by atoms with E-state index in [0.717, 1.165) is 68.4 Å². The highest BCUT2D eigenvalue weighted by molar-refractivity contribution is 5.92. The van der Waals surface area contributed by atoms with Gasteiger partial charge in [-0.25, -0.2) is 19.6 Å². The zero-order valence-electron chi connectivity index (χ0n) is 29.3. The molecule has 2 aromatic heterocycles. The van der Waals surface area contributed by atoms with Gasteiger partial charge in [0.15, 0.2) is 0 Å². The van der Waals surface area contributed by atoms with Gasteiger partial charge in [0, 0.05) is 18.7 Å². The number of carbonyl (C=O) groups excluding carboxylic acids is 2. The average Bonchev–Trinajstić information content (AvgIpc) is 3.83. The third-order valence-corrected chi connectivity index (χ3v) is 8.88. The molecule has 0 saturated carbocycles. The van der Waals surface area contributed by atoms with Gasteiger partial charge in [-0.1, -0.05) is 42.0 Å². The van der Waals surface area contributed by atoms with Crippen LogP contribution in [-0.4, -0.2) is 66.2 Å². The molecule has 4 heterocycles. The van der Waals surface area contributed by atoms with E-state index in [1.165, 1.54) is 0 Å². The Kier molecular flexibility index (Phi) is 8.00. The molecule has 5 aromatic rings. The van der Waals surface area contributed by atoms with E-state index in [1.54, 1.807) is 9.80 Å². The summed E-state index contributed by atoms with van der Waals surface area (Å²) in [5.74, 6) is 1.50. The van der Waals surface area contributed by atoms with Crippen molar-refractivity contribution in [3.63, 3.8) is 0 Å². The Balaban J connectivity index is 1.10. The second-order valence-corrected chi connectivity index (χ2v) is 15.2. The predicted molar refractivity (Wildman–Crippen MR) is 191 cm³/mol. The molecule has 7 rings (SSSR count). The summed E-state index contributed by atoms with van der Waals surface area (Å²) in [5.41, 5.74) is 5.87. The van der Waals surface area contributed by atoms with E-state index in [0.29, 0.717) is 18.9 Å². The molecule has 10 heteroatoms. The molecule has 0 spiro atoms. The van der Waals surface area contributed by atoms with Crippen molar-refractivity contribution in [1.82, 2.24) is 29.7 Å². The summed E-state index contributed by atoms with van der Waals surface area (Å²) in [7, 11) is 0. The molecule has 49 heavy (non-hydrogen) atoms. The number of hydrogen-bond donors (Lipinski definition) is 2. The number of rotatable bonds is 4. The predicted octanol–water partition coefficient (Wildman–Crippen LogP) is 9.08. The summed E-state index contributed by atoms with van der Waals surface area (Å²) in [5, 5.41) is 2.23. The fraction of sp³-hybridized carbons (Fsp3) is 0.385. The van der Waals surface area contributed by atoms with E-state index in [4.69, 9.17) is 14.5 Å². The van der Waals surface area contributed by atoms with Crippen LogP contribution in [0.4, 0.5) is 9.59 Å². The van der Waals surface area contributed by atoms with E-state index in [9.17, 15) is 9.59 Å². The first-order valence-corrected chi connectivity index (χ1v) is 17.0. The van der Waals surface area contributed by atoms with Crippen LogP contribution in [-0.2, 0) is 9.47 Å². The molecule has 254 valence electrons. The zero-order chi connectivity index (χ0) is 34.7. The summed E-state index contributed by atoms with van der Waals surface area (Å²) < 4.78 is 11.3. The Morgan fingerprint density at radius 3 is 2.14 bits per heavy atom. The van der Waals surface area contributed by atoms with Crippen molar-refractivity contribution in [2.45, 2.75) is 84.6 Å². The zero-order valence-corrected chi connectivity index (χ0v) is 29.3. The van der Waals surface area contributed by atoms with Gasteiger partial charge in [-0.3, -0.25) is 9.80 Å². The Bertz CT molecular complexity index is 2100. The number of fused-ring (bicyclic) bond motifs is 2. The minimum Gasteiger partial charge on any atom is -0.444 e. The van der Waals surface area contributed by atoms with Crippen LogP contribution in [0.5, 0.6) is 0 Å². The van der Waals surface area contributed by atoms with E-state index < -0.39 is 11.2 Å². The number of aromatic amines is 2. The number of carbonyl (C=O) groups is 2. The highest BCUT2D eigenvalue weighted by Gasteiger charge is 2.36. The molecule has 0 bridgehead atoms. The summed E-state index contributed by atoms with van der Waals surface area (Å²) in [6, 6.07) is 18.6. The number of likely N-dealkylation sites (tertiary alicyclic amines) is 1. The number of amides is 2. The lowest BCUT2D eigenvalue weighted by Crippen LogP contribution is -2.37. The maximum absolute atomic E-state index is 12.9. The normalized spacial score (nSPS) is 18.4. The number of nitrogens with zero attached hydrogens (tertiary/aromatic N) is 4. The third kappa shape index (κ3) is 6.77. The van der Waals surface area contributed by atoms with Crippen LogP contribution < -0.4 is 0 Å².